The van der Waals surface area contributed by atoms with Gasteiger partial charge in [0.15, 0.2) is 0 Å². The molecular formula is C9H17NO2S. The fourth-order valence-electron chi connectivity index (χ4n) is 0.957. The van der Waals surface area contributed by atoms with Crippen LogP contribution in [0.1, 0.15) is 27.2 Å². The SMILES string of the molecule is CC(C)(C)OC(=O)NCC1CCS1. The maximum atomic E-state index is 11.2. The number of alkyl carbamates (subject to hydrolysis) is 1. The lowest BCUT2D eigenvalue weighted by molar-refractivity contribution is 0.0527. The molecule has 1 rings (SSSR count). The van der Waals surface area contributed by atoms with E-state index in [0.717, 1.165) is 6.54 Å². The van der Waals surface area contributed by atoms with Gasteiger partial charge < -0.3 is 10.1 Å². The average Bonchev–Trinajstić information content (AvgIpc) is 1.78. The Labute approximate surface area is 83.6 Å². The molecule has 1 unspecified atom stereocenters. The van der Waals surface area contributed by atoms with Gasteiger partial charge in [-0.3, -0.25) is 0 Å². The van der Waals surface area contributed by atoms with Crippen LogP contribution in [0.4, 0.5) is 4.79 Å². The number of ether oxygens (including phenoxy) is 1. The lowest BCUT2D eigenvalue weighted by atomic mass is 10.2. The first-order chi connectivity index (χ1) is 5.97. The summed E-state index contributed by atoms with van der Waals surface area (Å²) in [5.74, 6) is 1.22. The summed E-state index contributed by atoms with van der Waals surface area (Å²) in [7, 11) is 0. The number of rotatable bonds is 2. The first-order valence-corrected chi connectivity index (χ1v) is 5.61. The largest absolute Gasteiger partial charge is 0.444 e. The summed E-state index contributed by atoms with van der Waals surface area (Å²) in [6.45, 7) is 6.33. The Morgan fingerprint density at radius 2 is 2.23 bits per heavy atom. The Morgan fingerprint density at radius 1 is 1.62 bits per heavy atom. The third-order valence-corrected chi connectivity index (χ3v) is 3.01. The molecule has 3 nitrogen and oxygen atoms in total. The average molecular weight is 203 g/mol. The van der Waals surface area contributed by atoms with Gasteiger partial charge in [0.1, 0.15) is 5.60 Å². The van der Waals surface area contributed by atoms with Gasteiger partial charge in [0.25, 0.3) is 0 Å². The minimum Gasteiger partial charge on any atom is -0.444 e. The molecule has 1 aliphatic heterocycles. The van der Waals surface area contributed by atoms with E-state index in [-0.39, 0.29) is 6.09 Å². The first-order valence-electron chi connectivity index (χ1n) is 4.56. The maximum absolute atomic E-state index is 11.2. The van der Waals surface area contributed by atoms with Crippen molar-refractivity contribution in [1.29, 1.82) is 0 Å². The van der Waals surface area contributed by atoms with E-state index in [0.29, 0.717) is 5.25 Å². The molecule has 0 bridgehead atoms. The monoisotopic (exact) mass is 203 g/mol. The van der Waals surface area contributed by atoms with E-state index in [1.54, 1.807) is 0 Å². The van der Waals surface area contributed by atoms with Crippen molar-refractivity contribution in [3.05, 3.63) is 0 Å². The van der Waals surface area contributed by atoms with Crippen LogP contribution in [0.15, 0.2) is 0 Å². The zero-order chi connectivity index (χ0) is 9.90. The number of carbonyl (C=O) groups excluding carboxylic acids is 1. The number of nitrogens with one attached hydrogen (secondary N) is 1. The summed E-state index contributed by atoms with van der Waals surface area (Å²) in [5.41, 5.74) is -0.392. The molecule has 0 radical (unpaired) electrons. The number of amides is 1. The summed E-state index contributed by atoms with van der Waals surface area (Å²) in [6, 6.07) is 0. The van der Waals surface area contributed by atoms with Crippen LogP contribution in [-0.2, 0) is 4.74 Å². The summed E-state index contributed by atoms with van der Waals surface area (Å²) in [6.07, 6.45) is 0.903. The highest BCUT2D eigenvalue weighted by Gasteiger charge is 2.20. The van der Waals surface area contributed by atoms with Crippen LogP contribution in [0, 0.1) is 0 Å². The van der Waals surface area contributed by atoms with Crippen LogP contribution in [0.25, 0.3) is 0 Å². The van der Waals surface area contributed by atoms with Crippen LogP contribution in [0.5, 0.6) is 0 Å². The van der Waals surface area contributed by atoms with E-state index in [1.165, 1.54) is 12.2 Å². The number of carbonyl (C=O) groups is 1. The Balaban J connectivity index is 2.10. The number of hydrogen-bond donors (Lipinski definition) is 1. The molecule has 0 spiro atoms. The second-order valence-electron chi connectivity index (χ2n) is 4.16. The predicted molar refractivity (Wildman–Crippen MR) is 55.1 cm³/mol. The van der Waals surface area contributed by atoms with Crippen molar-refractivity contribution in [2.24, 2.45) is 0 Å². The summed E-state index contributed by atoms with van der Waals surface area (Å²) in [5, 5.41) is 3.36. The maximum Gasteiger partial charge on any atom is 0.407 e. The van der Waals surface area contributed by atoms with Gasteiger partial charge in [-0.1, -0.05) is 0 Å². The molecule has 4 heteroatoms. The third-order valence-electron chi connectivity index (χ3n) is 1.67. The fraction of sp³-hybridized carbons (Fsp3) is 0.889. The van der Waals surface area contributed by atoms with Crippen molar-refractivity contribution < 1.29 is 9.53 Å². The Kier molecular flexibility index (Phi) is 3.47. The highest BCUT2D eigenvalue weighted by atomic mass is 32.2. The molecular weight excluding hydrogens is 186 g/mol. The van der Waals surface area contributed by atoms with Gasteiger partial charge >= 0.3 is 6.09 Å². The van der Waals surface area contributed by atoms with Gasteiger partial charge in [-0.25, -0.2) is 4.79 Å². The molecule has 1 aliphatic rings. The van der Waals surface area contributed by atoms with E-state index in [2.05, 4.69) is 5.32 Å². The fourth-order valence-corrected chi connectivity index (χ4v) is 1.73. The topological polar surface area (TPSA) is 38.3 Å². The minimum absolute atomic E-state index is 0.306. The van der Waals surface area contributed by atoms with E-state index >= 15 is 0 Å². The molecule has 1 atom stereocenters. The molecule has 0 aliphatic carbocycles. The zero-order valence-electron chi connectivity index (χ0n) is 8.42. The second-order valence-corrected chi connectivity index (χ2v) is 5.57. The summed E-state index contributed by atoms with van der Waals surface area (Å²) in [4.78, 5) is 11.2. The molecule has 0 aromatic rings. The van der Waals surface area contributed by atoms with Crippen molar-refractivity contribution in [2.75, 3.05) is 12.3 Å². The molecule has 1 amide bonds. The minimum atomic E-state index is -0.392. The molecule has 0 aromatic heterocycles. The molecule has 76 valence electrons. The van der Waals surface area contributed by atoms with Crippen molar-refractivity contribution in [3.8, 4) is 0 Å². The highest BCUT2D eigenvalue weighted by molar-refractivity contribution is 8.01. The van der Waals surface area contributed by atoms with Crippen molar-refractivity contribution in [3.63, 3.8) is 0 Å². The second kappa shape index (κ2) is 4.22. The van der Waals surface area contributed by atoms with Crippen molar-refractivity contribution in [2.45, 2.75) is 38.0 Å². The third kappa shape index (κ3) is 4.41. The first kappa shape index (κ1) is 10.7. The molecule has 0 aromatic carbocycles. The smallest absolute Gasteiger partial charge is 0.407 e. The molecule has 1 saturated heterocycles. The molecule has 1 N–H and O–H groups in total. The Hall–Kier alpha value is -0.380. The lowest BCUT2D eigenvalue weighted by Gasteiger charge is -2.26. The van der Waals surface area contributed by atoms with Gasteiger partial charge in [-0.2, -0.15) is 11.8 Å². The number of hydrogen-bond acceptors (Lipinski definition) is 3. The van der Waals surface area contributed by atoms with Crippen LogP contribution in [0.3, 0.4) is 0 Å². The van der Waals surface area contributed by atoms with Gasteiger partial charge in [0.05, 0.1) is 0 Å². The zero-order valence-corrected chi connectivity index (χ0v) is 9.24. The molecule has 1 heterocycles. The van der Waals surface area contributed by atoms with E-state index in [4.69, 9.17) is 4.74 Å². The lowest BCUT2D eigenvalue weighted by Crippen LogP contribution is -2.38. The van der Waals surface area contributed by atoms with Gasteiger partial charge in [0, 0.05) is 11.8 Å². The summed E-state index contributed by atoms with van der Waals surface area (Å²) >= 11 is 1.90. The van der Waals surface area contributed by atoms with Gasteiger partial charge in [-0.05, 0) is 32.9 Å². The van der Waals surface area contributed by atoms with Crippen molar-refractivity contribution >= 4 is 17.9 Å². The van der Waals surface area contributed by atoms with Crippen molar-refractivity contribution in [1.82, 2.24) is 5.32 Å². The highest BCUT2D eigenvalue weighted by Crippen LogP contribution is 2.26. The van der Waals surface area contributed by atoms with E-state index in [9.17, 15) is 4.79 Å². The molecule has 1 fully saturated rings. The Bertz CT molecular complexity index is 185. The standard InChI is InChI=1S/C9H17NO2S/c1-9(2,3)12-8(11)10-6-7-4-5-13-7/h7H,4-6H2,1-3H3,(H,10,11). The van der Waals surface area contributed by atoms with Crippen LogP contribution in [0.2, 0.25) is 0 Å². The van der Waals surface area contributed by atoms with Crippen LogP contribution in [-0.4, -0.2) is 29.2 Å². The van der Waals surface area contributed by atoms with Crippen LogP contribution >= 0.6 is 11.8 Å². The molecule has 0 saturated carbocycles. The van der Waals surface area contributed by atoms with Crippen LogP contribution < -0.4 is 5.32 Å². The van der Waals surface area contributed by atoms with E-state index in [1.807, 2.05) is 32.5 Å². The van der Waals surface area contributed by atoms with E-state index < -0.39 is 5.60 Å². The number of thioether (sulfide) groups is 1. The summed E-state index contributed by atoms with van der Waals surface area (Å²) < 4.78 is 5.10. The van der Waals surface area contributed by atoms with Gasteiger partial charge in [-0.15, -0.1) is 0 Å². The predicted octanol–water partition coefficient (Wildman–Crippen LogP) is 2.02. The normalized spacial score (nSPS) is 21.9. The quantitative estimate of drug-likeness (QED) is 0.746. The van der Waals surface area contributed by atoms with Gasteiger partial charge in [0.2, 0.25) is 0 Å². The molecule has 13 heavy (non-hydrogen) atoms. The Morgan fingerprint density at radius 3 is 2.62 bits per heavy atom.